The lowest BCUT2D eigenvalue weighted by atomic mass is 9.77. The number of hydrogen-bond acceptors (Lipinski definition) is 5. The van der Waals surface area contributed by atoms with E-state index in [0.717, 1.165) is 0 Å². The molecule has 2 N–H and O–H groups in total. The number of amides is 2. The molecule has 6 nitrogen and oxygen atoms in total. The number of nitrogens with zero attached hydrogens (tertiary/aromatic N) is 1. The van der Waals surface area contributed by atoms with Crippen molar-refractivity contribution in [3.8, 4) is 0 Å². The van der Waals surface area contributed by atoms with E-state index < -0.39 is 0 Å². The minimum absolute atomic E-state index is 0.0550. The van der Waals surface area contributed by atoms with Crippen molar-refractivity contribution in [1.82, 2.24) is 5.32 Å². The maximum atomic E-state index is 12.8. The molecule has 2 aliphatic rings. The van der Waals surface area contributed by atoms with E-state index >= 15 is 0 Å². The van der Waals surface area contributed by atoms with Crippen LogP contribution >= 0.6 is 0 Å². The van der Waals surface area contributed by atoms with Gasteiger partial charge in [0.15, 0.2) is 5.78 Å². The van der Waals surface area contributed by atoms with Gasteiger partial charge in [-0.05, 0) is 30.9 Å². The van der Waals surface area contributed by atoms with Crippen molar-refractivity contribution in [3.63, 3.8) is 0 Å². The zero-order valence-electron chi connectivity index (χ0n) is 15.6. The second-order valence-corrected chi connectivity index (χ2v) is 7.51. The summed E-state index contributed by atoms with van der Waals surface area (Å²) in [7, 11) is 0. The predicted octanol–water partition coefficient (Wildman–Crippen LogP) is 3.26. The normalized spacial score (nSPS) is 25.0. The number of carbonyl (C=O) groups is 3. The maximum absolute atomic E-state index is 12.8. The van der Waals surface area contributed by atoms with Crippen LogP contribution in [0, 0.1) is 17.8 Å². The Hall–Kier alpha value is -2.76. The number of aliphatic imine (C=N–C) groups is 1. The van der Waals surface area contributed by atoms with Crippen LogP contribution in [0.4, 0.5) is 5.69 Å². The van der Waals surface area contributed by atoms with Gasteiger partial charge in [-0.25, -0.2) is 0 Å². The van der Waals surface area contributed by atoms with Gasteiger partial charge in [0.2, 0.25) is 11.8 Å². The Labute approximate surface area is 158 Å². The van der Waals surface area contributed by atoms with E-state index in [0.29, 0.717) is 24.2 Å². The average molecular weight is 368 g/mol. The molecule has 0 saturated carbocycles. The van der Waals surface area contributed by atoms with Gasteiger partial charge in [-0.15, -0.1) is 0 Å². The molecule has 1 saturated heterocycles. The van der Waals surface area contributed by atoms with Gasteiger partial charge in [-0.2, -0.15) is 0 Å². The monoisotopic (exact) mass is 368 g/mol. The lowest BCUT2D eigenvalue weighted by Crippen LogP contribution is -2.39. The minimum atomic E-state index is -0.315. The summed E-state index contributed by atoms with van der Waals surface area (Å²) in [5.74, 6) is -1.29. The Kier molecular flexibility index (Phi) is 5.54. The fourth-order valence-electron chi connectivity index (χ4n) is 3.79. The molecule has 1 aromatic carbocycles. The van der Waals surface area contributed by atoms with Crippen LogP contribution in [0.15, 0.2) is 46.7 Å². The number of carbonyl (C=O) groups excluding carboxylic acids is 3. The first-order chi connectivity index (χ1) is 12.8. The predicted molar refractivity (Wildman–Crippen MR) is 102 cm³/mol. The maximum Gasteiger partial charge on any atom is 0.226 e. The number of aliphatic hydroxyl groups is 1. The number of allylic oxidation sites excluding steroid dienone is 2. The second-order valence-electron chi connectivity index (χ2n) is 7.51. The van der Waals surface area contributed by atoms with Gasteiger partial charge >= 0.3 is 0 Å². The van der Waals surface area contributed by atoms with Crippen LogP contribution < -0.4 is 5.32 Å². The van der Waals surface area contributed by atoms with E-state index in [9.17, 15) is 19.5 Å². The van der Waals surface area contributed by atoms with Crippen molar-refractivity contribution in [2.24, 2.45) is 22.7 Å². The summed E-state index contributed by atoms with van der Waals surface area (Å²) in [5.41, 5.74) is 1.37. The van der Waals surface area contributed by atoms with Crippen LogP contribution in [0.1, 0.15) is 39.5 Å². The molecule has 0 bridgehead atoms. The average Bonchev–Trinajstić information content (AvgIpc) is 2.60. The molecule has 1 fully saturated rings. The summed E-state index contributed by atoms with van der Waals surface area (Å²) in [5, 5.41) is 12.9. The third-order valence-electron chi connectivity index (χ3n) is 5.14. The number of rotatable bonds is 4. The summed E-state index contributed by atoms with van der Waals surface area (Å²) in [6.07, 6.45) is 1.29. The number of piperidine rings is 1. The van der Waals surface area contributed by atoms with Crippen molar-refractivity contribution in [1.29, 1.82) is 0 Å². The van der Waals surface area contributed by atoms with Crippen molar-refractivity contribution in [2.75, 3.05) is 0 Å². The molecule has 27 heavy (non-hydrogen) atoms. The Morgan fingerprint density at radius 2 is 1.70 bits per heavy atom. The minimum Gasteiger partial charge on any atom is -0.511 e. The van der Waals surface area contributed by atoms with E-state index in [2.05, 4.69) is 10.3 Å². The van der Waals surface area contributed by atoms with Crippen molar-refractivity contribution in [3.05, 3.63) is 41.7 Å². The molecular weight excluding hydrogens is 344 g/mol. The molecule has 1 aliphatic heterocycles. The molecule has 6 heteroatoms. The van der Waals surface area contributed by atoms with Crippen LogP contribution in [-0.4, -0.2) is 28.4 Å². The highest BCUT2D eigenvalue weighted by Crippen LogP contribution is 2.33. The number of imide groups is 1. The van der Waals surface area contributed by atoms with E-state index in [1.807, 2.05) is 44.2 Å². The van der Waals surface area contributed by atoms with E-state index in [1.54, 1.807) is 0 Å². The van der Waals surface area contributed by atoms with Crippen molar-refractivity contribution in [2.45, 2.75) is 39.5 Å². The van der Waals surface area contributed by atoms with Gasteiger partial charge < -0.3 is 5.11 Å². The molecule has 142 valence electrons. The zero-order valence-corrected chi connectivity index (χ0v) is 15.6. The molecule has 1 aromatic rings. The Morgan fingerprint density at radius 3 is 2.33 bits per heavy atom. The molecule has 0 spiro atoms. The summed E-state index contributed by atoms with van der Waals surface area (Å²) in [4.78, 5) is 40.9. The van der Waals surface area contributed by atoms with Gasteiger partial charge in [0.05, 0.1) is 17.0 Å². The summed E-state index contributed by atoms with van der Waals surface area (Å²) in [6, 6.07) is 9.19. The number of Topliss-reactive ketones (excluding diaryl/α,β-unsaturated/α-hetero) is 1. The van der Waals surface area contributed by atoms with Gasteiger partial charge in [0.1, 0.15) is 5.76 Å². The van der Waals surface area contributed by atoms with Crippen LogP contribution in [0.3, 0.4) is 0 Å². The van der Waals surface area contributed by atoms with Crippen LogP contribution in [0.5, 0.6) is 0 Å². The van der Waals surface area contributed by atoms with Crippen LogP contribution in [0.25, 0.3) is 0 Å². The molecule has 0 aromatic heterocycles. The van der Waals surface area contributed by atoms with Gasteiger partial charge in [0.25, 0.3) is 0 Å². The molecule has 1 heterocycles. The molecule has 1 aliphatic carbocycles. The molecule has 2 atom stereocenters. The highest BCUT2D eigenvalue weighted by molar-refractivity contribution is 6.24. The lowest BCUT2D eigenvalue weighted by Gasteiger charge is -2.28. The third kappa shape index (κ3) is 4.32. The Morgan fingerprint density at radius 1 is 1.07 bits per heavy atom. The number of nitrogens with one attached hydrogen (secondary N) is 1. The first-order valence-electron chi connectivity index (χ1n) is 9.28. The Bertz CT molecular complexity index is 810. The topological polar surface area (TPSA) is 95.8 Å². The summed E-state index contributed by atoms with van der Waals surface area (Å²) < 4.78 is 0. The number of ketones is 1. The van der Waals surface area contributed by atoms with Gasteiger partial charge in [-0.1, -0.05) is 32.0 Å². The zero-order chi connectivity index (χ0) is 19.6. The Balaban J connectivity index is 2.01. The fraction of sp³-hybridized carbons (Fsp3) is 0.429. The molecular formula is C21H24N2O4. The molecule has 0 unspecified atom stereocenters. The largest absolute Gasteiger partial charge is 0.511 e. The molecule has 2 amide bonds. The van der Waals surface area contributed by atoms with E-state index in [-0.39, 0.29) is 59.5 Å². The van der Waals surface area contributed by atoms with Gasteiger partial charge in [-0.3, -0.25) is 24.7 Å². The van der Waals surface area contributed by atoms with Crippen LogP contribution in [0.2, 0.25) is 0 Å². The second kappa shape index (κ2) is 7.86. The number of benzene rings is 1. The highest BCUT2D eigenvalue weighted by Gasteiger charge is 2.36. The quantitative estimate of drug-likeness (QED) is 0.630. The summed E-state index contributed by atoms with van der Waals surface area (Å²) in [6.45, 7) is 3.74. The standard InChI is InChI=1S/C21H24N2O4/c1-12-8-13(2)21(27)19(20(12)26)16(22-15-6-4-3-5-7-15)9-14-10-17(24)23-18(25)11-14/h3-7,12-14,26H,8-11H2,1-2H3,(H,23,24,25)/t12-,13-/m0/s1. The summed E-state index contributed by atoms with van der Waals surface area (Å²) >= 11 is 0. The van der Waals surface area contributed by atoms with E-state index in [4.69, 9.17) is 0 Å². The first kappa shape index (κ1) is 19.0. The van der Waals surface area contributed by atoms with Crippen molar-refractivity contribution >= 4 is 29.0 Å². The van der Waals surface area contributed by atoms with E-state index in [1.165, 1.54) is 0 Å². The third-order valence-corrected chi connectivity index (χ3v) is 5.14. The number of aliphatic hydroxyl groups excluding tert-OH is 1. The molecule has 0 radical (unpaired) electrons. The fourth-order valence-corrected chi connectivity index (χ4v) is 3.79. The number of para-hydroxylation sites is 1. The SMILES string of the molecule is C[C@H]1C[C@H](C)C(O)=C(C(CC2CC(=O)NC(=O)C2)=Nc2ccccc2)C1=O. The number of hydrogen-bond donors (Lipinski definition) is 2. The lowest BCUT2D eigenvalue weighted by molar-refractivity contribution is -0.134. The smallest absolute Gasteiger partial charge is 0.226 e. The van der Waals surface area contributed by atoms with Gasteiger partial charge in [0, 0.05) is 24.7 Å². The highest BCUT2D eigenvalue weighted by atomic mass is 16.3. The molecule has 3 rings (SSSR count). The first-order valence-corrected chi connectivity index (χ1v) is 9.28. The van der Waals surface area contributed by atoms with Crippen molar-refractivity contribution < 1.29 is 19.5 Å². The van der Waals surface area contributed by atoms with Crippen LogP contribution in [-0.2, 0) is 14.4 Å².